The first-order valence-corrected chi connectivity index (χ1v) is 3.60. The van der Waals surface area contributed by atoms with Crippen LogP contribution in [0.1, 0.15) is 19.8 Å². The minimum atomic E-state index is -0.425. The monoisotopic (exact) mass is 154 g/mol. The van der Waals surface area contributed by atoms with Crippen molar-refractivity contribution in [2.24, 2.45) is 0 Å². The van der Waals surface area contributed by atoms with Gasteiger partial charge in [0, 0.05) is 12.5 Å². The van der Waals surface area contributed by atoms with Crippen LogP contribution in [0, 0.1) is 0 Å². The van der Waals surface area contributed by atoms with E-state index in [4.69, 9.17) is 4.74 Å². The minimum absolute atomic E-state index is 0.00602. The van der Waals surface area contributed by atoms with Crippen molar-refractivity contribution in [1.29, 1.82) is 0 Å². The normalized spacial score (nSPS) is 25.7. The van der Waals surface area contributed by atoms with Crippen LogP contribution in [0.5, 0.6) is 0 Å². The summed E-state index contributed by atoms with van der Waals surface area (Å²) in [5.74, 6) is -0.431. The molecule has 0 radical (unpaired) electrons. The molecule has 0 bridgehead atoms. The third kappa shape index (κ3) is 2.53. The highest BCUT2D eigenvalue weighted by molar-refractivity contribution is 5.96. The highest BCUT2D eigenvalue weighted by Crippen LogP contribution is 2.06. The van der Waals surface area contributed by atoms with E-state index in [1.165, 1.54) is 12.2 Å². The number of ether oxygens (including phenoxy) is 1. The van der Waals surface area contributed by atoms with E-state index >= 15 is 0 Å². The molecule has 0 N–H and O–H groups in total. The molecule has 3 nitrogen and oxygen atoms in total. The SMILES string of the molecule is CC1CCC(=O)C=CC(=O)O1. The summed E-state index contributed by atoms with van der Waals surface area (Å²) in [6.45, 7) is 1.78. The fourth-order valence-corrected chi connectivity index (χ4v) is 0.886. The van der Waals surface area contributed by atoms with E-state index in [9.17, 15) is 9.59 Å². The van der Waals surface area contributed by atoms with Crippen molar-refractivity contribution in [2.75, 3.05) is 0 Å². The zero-order valence-corrected chi connectivity index (χ0v) is 6.37. The number of hydrogen-bond donors (Lipinski definition) is 0. The molecule has 0 saturated heterocycles. The molecule has 0 saturated carbocycles. The Bertz CT molecular complexity index is 205. The molecule has 60 valence electrons. The molecule has 0 amide bonds. The number of allylic oxidation sites excluding steroid dienone is 1. The fourth-order valence-electron chi connectivity index (χ4n) is 0.886. The zero-order chi connectivity index (χ0) is 8.27. The van der Waals surface area contributed by atoms with Crippen LogP contribution in [0.3, 0.4) is 0 Å². The molecular weight excluding hydrogens is 144 g/mol. The molecule has 11 heavy (non-hydrogen) atoms. The van der Waals surface area contributed by atoms with E-state index in [2.05, 4.69) is 0 Å². The molecule has 0 spiro atoms. The van der Waals surface area contributed by atoms with Crippen molar-refractivity contribution in [3.05, 3.63) is 12.2 Å². The lowest BCUT2D eigenvalue weighted by Gasteiger charge is -2.12. The summed E-state index contributed by atoms with van der Waals surface area (Å²) in [6.07, 6.45) is 3.39. The van der Waals surface area contributed by atoms with E-state index in [1.807, 2.05) is 0 Å². The lowest BCUT2D eigenvalue weighted by atomic mass is 10.1. The summed E-state index contributed by atoms with van der Waals surface area (Å²) >= 11 is 0. The van der Waals surface area contributed by atoms with Crippen LogP contribution < -0.4 is 0 Å². The summed E-state index contributed by atoms with van der Waals surface area (Å²) < 4.78 is 4.86. The van der Waals surface area contributed by atoms with Gasteiger partial charge in [0.1, 0.15) is 0 Å². The smallest absolute Gasteiger partial charge is 0.331 e. The van der Waals surface area contributed by atoms with E-state index in [-0.39, 0.29) is 11.9 Å². The summed E-state index contributed by atoms with van der Waals surface area (Å²) in [7, 11) is 0. The Labute approximate surface area is 65.0 Å². The van der Waals surface area contributed by atoms with Crippen molar-refractivity contribution < 1.29 is 14.3 Å². The Hall–Kier alpha value is -1.12. The summed E-state index contributed by atoms with van der Waals surface area (Å²) in [6, 6.07) is 0. The maximum atomic E-state index is 10.8. The molecule has 1 aliphatic heterocycles. The number of hydrogen-bond acceptors (Lipinski definition) is 3. The molecule has 0 fully saturated rings. The lowest BCUT2D eigenvalue weighted by molar-refractivity contribution is -0.143. The molecule has 1 heterocycles. The average Bonchev–Trinajstić information content (AvgIpc) is 1.95. The summed E-state index contributed by atoms with van der Waals surface area (Å²) in [5.41, 5.74) is 0. The Morgan fingerprint density at radius 3 is 2.91 bits per heavy atom. The third-order valence-corrected chi connectivity index (χ3v) is 1.52. The van der Waals surface area contributed by atoms with Crippen molar-refractivity contribution in [3.63, 3.8) is 0 Å². The van der Waals surface area contributed by atoms with Gasteiger partial charge in [0.05, 0.1) is 6.10 Å². The minimum Gasteiger partial charge on any atom is -0.459 e. The summed E-state index contributed by atoms with van der Waals surface area (Å²) in [5, 5.41) is 0. The summed E-state index contributed by atoms with van der Waals surface area (Å²) in [4.78, 5) is 21.6. The topological polar surface area (TPSA) is 43.4 Å². The highest BCUT2D eigenvalue weighted by Gasteiger charge is 2.11. The highest BCUT2D eigenvalue weighted by atomic mass is 16.5. The number of carbonyl (C=O) groups is 2. The zero-order valence-electron chi connectivity index (χ0n) is 6.37. The van der Waals surface area contributed by atoms with Gasteiger partial charge in [-0.1, -0.05) is 0 Å². The van der Waals surface area contributed by atoms with Gasteiger partial charge < -0.3 is 4.74 Å². The van der Waals surface area contributed by atoms with Crippen LogP contribution in [0.15, 0.2) is 12.2 Å². The molecule has 0 aliphatic carbocycles. The Balaban J connectivity index is 2.65. The number of carbonyl (C=O) groups excluding carboxylic acids is 2. The Morgan fingerprint density at radius 2 is 2.18 bits per heavy atom. The van der Waals surface area contributed by atoms with Gasteiger partial charge in [-0.2, -0.15) is 0 Å². The second-order valence-electron chi connectivity index (χ2n) is 2.59. The number of cyclic esters (lactones) is 1. The Kier molecular flexibility index (Phi) is 2.41. The second kappa shape index (κ2) is 3.32. The van der Waals surface area contributed by atoms with Gasteiger partial charge >= 0.3 is 5.97 Å². The van der Waals surface area contributed by atoms with Crippen LogP contribution in [0.25, 0.3) is 0 Å². The van der Waals surface area contributed by atoms with Gasteiger partial charge in [0.15, 0.2) is 5.78 Å². The van der Waals surface area contributed by atoms with E-state index in [0.717, 1.165) is 0 Å². The van der Waals surface area contributed by atoms with Crippen LogP contribution in [0.2, 0.25) is 0 Å². The van der Waals surface area contributed by atoms with Gasteiger partial charge in [-0.15, -0.1) is 0 Å². The van der Waals surface area contributed by atoms with Crippen molar-refractivity contribution in [1.82, 2.24) is 0 Å². The number of esters is 1. The van der Waals surface area contributed by atoms with E-state index in [0.29, 0.717) is 12.8 Å². The molecule has 0 aromatic carbocycles. The number of ketones is 1. The molecule has 1 atom stereocenters. The van der Waals surface area contributed by atoms with Crippen LogP contribution in [0.4, 0.5) is 0 Å². The first kappa shape index (κ1) is 7.98. The quantitative estimate of drug-likeness (QED) is 0.485. The van der Waals surface area contributed by atoms with Crippen LogP contribution in [-0.2, 0) is 14.3 Å². The maximum absolute atomic E-state index is 10.8. The van der Waals surface area contributed by atoms with Gasteiger partial charge in [-0.25, -0.2) is 4.79 Å². The predicted molar refractivity (Wildman–Crippen MR) is 38.9 cm³/mol. The Morgan fingerprint density at radius 1 is 1.45 bits per heavy atom. The predicted octanol–water partition coefficient (Wildman–Crippen LogP) is 0.837. The van der Waals surface area contributed by atoms with Crippen LogP contribution in [-0.4, -0.2) is 17.9 Å². The lowest BCUT2D eigenvalue weighted by Crippen LogP contribution is -2.16. The molecule has 3 heteroatoms. The molecular formula is C8H10O3. The third-order valence-electron chi connectivity index (χ3n) is 1.52. The second-order valence-corrected chi connectivity index (χ2v) is 2.59. The van der Waals surface area contributed by atoms with Gasteiger partial charge in [-0.05, 0) is 19.4 Å². The van der Waals surface area contributed by atoms with Gasteiger partial charge in [0.25, 0.3) is 0 Å². The van der Waals surface area contributed by atoms with E-state index in [1.54, 1.807) is 6.92 Å². The van der Waals surface area contributed by atoms with Crippen molar-refractivity contribution in [2.45, 2.75) is 25.9 Å². The van der Waals surface area contributed by atoms with Gasteiger partial charge in [0.2, 0.25) is 0 Å². The van der Waals surface area contributed by atoms with Crippen LogP contribution >= 0.6 is 0 Å². The molecule has 1 rings (SSSR count). The first-order chi connectivity index (χ1) is 5.18. The van der Waals surface area contributed by atoms with E-state index < -0.39 is 5.97 Å². The molecule has 0 aromatic heterocycles. The fraction of sp³-hybridized carbons (Fsp3) is 0.500. The van der Waals surface area contributed by atoms with Crippen molar-refractivity contribution >= 4 is 11.8 Å². The average molecular weight is 154 g/mol. The first-order valence-electron chi connectivity index (χ1n) is 3.60. The number of rotatable bonds is 0. The van der Waals surface area contributed by atoms with Crippen molar-refractivity contribution in [3.8, 4) is 0 Å². The maximum Gasteiger partial charge on any atom is 0.331 e. The largest absolute Gasteiger partial charge is 0.459 e. The standard InChI is InChI=1S/C8H10O3/c1-6-2-3-7(9)4-5-8(10)11-6/h4-6H,2-3H2,1H3. The molecule has 1 unspecified atom stereocenters. The molecule has 1 aliphatic rings. The molecule has 0 aromatic rings. The van der Waals surface area contributed by atoms with Gasteiger partial charge in [-0.3, -0.25) is 4.79 Å².